The molecule has 1 aliphatic rings. The summed E-state index contributed by atoms with van der Waals surface area (Å²) in [6.45, 7) is 4.43. The number of carbonyl (C=O) groups excluding carboxylic acids is 1. The predicted molar refractivity (Wildman–Crippen MR) is 166 cm³/mol. The van der Waals surface area contributed by atoms with Crippen LogP contribution in [0.15, 0.2) is 29.1 Å². The largest absolute Gasteiger partial charge is 0.451 e. The van der Waals surface area contributed by atoms with Gasteiger partial charge in [-0.05, 0) is 50.5 Å². The number of hydrogen-bond donors (Lipinski definition) is 2. The number of sulfonamides is 1. The zero-order valence-electron chi connectivity index (χ0n) is 25.5. The van der Waals surface area contributed by atoms with E-state index in [1.807, 2.05) is 22.6 Å². The molecular weight excluding hydrogens is 651 g/mol. The molecule has 46 heavy (non-hydrogen) atoms. The van der Waals surface area contributed by atoms with Crippen molar-refractivity contribution in [1.29, 1.82) is 0 Å². The summed E-state index contributed by atoms with van der Waals surface area (Å²) in [5.74, 6) is -1.79. The summed E-state index contributed by atoms with van der Waals surface area (Å²) in [5.41, 5.74) is 1.51. The number of pyridine rings is 1. The van der Waals surface area contributed by atoms with Gasteiger partial charge in [-0.1, -0.05) is 17.7 Å². The van der Waals surface area contributed by atoms with Crippen molar-refractivity contribution in [3.63, 3.8) is 0 Å². The summed E-state index contributed by atoms with van der Waals surface area (Å²) in [7, 11) is -1.05. The van der Waals surface area contributed by atoms with Gasteiger partial charge in [-0.15, -0.1) is 0 Å². The average Bonchev–Trinajstić information content (AvgIpc) is 3.37. The van der Waals surface area contributed by atoms with Crippen molar-refractivity contribution in [2.75, 3.05) is 29.6 Å². The Morgan fingerprint density at radius 2 is 1.78 bits per heavy atom. The Morgan fingerprint density at radius 3 is 2.39 bits per heavy atom. The van der Waals surface area contributed by atoms with Gasteiger partial charge in [0.15, 0.2) is 11.5 Å². The van der Waals surface area contributed by atoms with Gasteiger partial charge in [0.1, 0.15) is 5.15 Å². The molecule has 13 nitrogen and oxygen atoms in total. The molecule has 0 radical (unpaired) electrons. The van der Waals surface area contributed by atoms with E-state index in [-0.39, 0.29) is 33.8 Å². The van der Waals surface area contributed by atoms with Gasteiger partial charge in [0.05, 0.1) is 28.9 Å². The highest BCUT2D eigenvalue weighted by atomic mass is 35.5. The van der Waals surface area contributed by atoms with Crippen LogP contribution in [0.1, 0.15) is 65.0 Å². The van der Waals surface area contributed by atoms with Crippen LogP contribution in [0, 0.1) is 6.92 Å². The molecule has 1 atom stereocenters. The fourth-order valence-corrected chi connectivity index (χ4v) is 6.15. The van der Waals surface area contributed by atoms with Crippen molar-refractivity contribution in [3.8, 4) is 0 Å². The molecule has 0 aliphatic carbocycles. The number of hydrogen-bond acceptors (Lipinski definition) is 10. The zero-order valence-corrected chi connectivity index (χ0v) is 27.0. The highest BCUT2D eigenvalue weighted by Crippen LogP contribution is 2.33. The number of amides is 1. The zero-order chi connectivity index (χ0) is 33.7. The maximum absolute atomic E-state index is 13.6. The predicted octanol–water partition coefficient (Wildman–Crippen LogP) is 3.68. The molecule has 18 heteroatoms. The average molecular weight is 682 g/mol. The highest BCUT2D eigenvalue weighted by Gasteiger charge is 2.38. The van der Waals surface area contributed by atoms with Gasteiger partial charge in [-0.25, -0.2) is 32.8 Å². The van der Waals surface area contributed by atoms with Crippen LogP contribution in [-0.2, 0) is 30.3 Å². The Kier molecular flexibility index (Phi) is 8.76. The van der Waals surface area contributed by atoms with Crippen molar-refractivity contribution in [3.05, 3.63) is 68.2 Å². The molecule has 1 aromatic carbocycles. The van der Waals surface area contributed by atoms with Crippen molar-refractivity contribution in [2.24, 2.45) is 14.1 Å². The van der Waals surface area contributed by atoms with Crippen LogP contribution in [0.2, 0.25) is 5.15 Å². The first kappa shape index (κ1) is 33.1. The summed E-state index contributed by atoms with van der Waals surface area (Å²) >= 11 is 6.00. The number of nitrogens with one attached hydrogen (secondary N) is 2. The van der Waals surface area contributed by atoms with Crippen molar-refractivity contribution >= 4 is 50.1 Å². The van der Waals surface area contributed by atoms with Gasteiger partial charge in [0, 0.05) is 38.7 Å². The lowest BCUT2D eigenvalue weighted by Crippen LogP contribution is -2.38. The second-order valence-corrected chi connectivity index (χ2v) is 13.4. The standard InChI is InChI=1S/C28H31ClF3N9O4S/c1-14-12-17(15(2)33-19-6-7-20(29)34-22(19)24(42)38-46(5,44)45)21-18(13-14)25(43)39(3)27(35-21)41-10-8-16(9-11-41)23-36-26(28(30,31)32)40(4)37-23/h6-7,12-13,15-16,33H,8-11H2,1-5H3,(H,38,42)/t15-/m1/s1. The van der Waals surface area contributed by atoms with Crippen LogP contribution in [0.4, 0.5) is 24.8 Å². The number of piperidine rings is 1. The number of alkyl halides is 3. The summed E-state index contributed by atoms with van der Waals surface area (Å²) in [4.78, 5) is 40.9. The van der Waals surface area contributed by atoms with Crippen molar-refractivity contribution in [1.82, 2.24) is 34.0 Å². The lowest BCUT2D eigenvalue weighted by molar-refractivity contribution is -0.147. The third-order valence-corrected chi connectivity index (χ3v) is 8.47. The number of carbonyl (C=O) groups is 1. The van der Waals surface area contributed by atoms with Crippen LogP contribution in [0.3, 0.4) is 0 Å². The summed E-state index contributed by atoms with van der Waals surface area (Å²) < 4.78 is 67.3. The minimum Gasteiger partial charge on any atom is -0.377 e. The van der Waals surface area contributed by atoms with Gasteiger partial charge in [-0.2, -0.15) is 18.3 Å². The smallest absolute Gasteiger partial charge is 0.377 e. The molecule has 2 N–H and O–H groups in total. The van der Waals surface area contributed by atoms with E-state index in [1.54, 1.807) is 20.0 Å². The normalized spacial score (nSPS) is 15.3. The molecule has 0 saturated carbocycles. The van der Waals surface area contributed by atoms with E-state index >= 15 is 0 Å². The van der Waals surface area contributed by atoms with Crippen LogP contribution in [0.5, 0.6) is 0 Å². The number of aromatic nitrogens is 6. The summed E-state index contributed by atoms with van der Waals surface area (Å²) in [6.07, 6.45) is -2.86. The lowest BCUT2D eigenvalue weighted by atomic mass is 9.96. The SMILES string of the molecule is Cc1cc([C@@H](C)Nc2ccc(Cl)nc2C(=O)NS(C)(=O)=O)c2nc(N3CCC(c4nc(C(F)(F)F)n(C)n4)CC3)n(C)c(=O)c2c1. The molecule has 0 spiro atoms. The van der Waals surface area contributed by atoms with E-state index in [0.29, 0.717) is 48.3 Å². The second-order valence-electron chi connectivity index (χ2n) is 11.3. The molecule has 4 aromatic rings. The minimum absolute atomic E-state index is 0.0175. The number of halogens is 4. The van der Waals surface area contributed by atoms with Crippen LogP contribution < -0.4 is 20.5 Å². The lowest BCUT2D eigenvalue weighted by Gasteiger charge is -2.32. The number of aryl methyl sites for hydroxylation is 2. The molecule has 5 rings (SSSR count). The van der Waals surface area contributed by atoms with Gasteiger partial charge in [0.2, 0.25) is 21.8 Å². The van der Waals surface area contributed by atoms with E-state index in [4.69, 9.17) is 16.6 Å². The molecule has 4 heterocycles. The third kappa shape index (κ3) is 6.79. The highest BCUT2D eigenvalue weighted by molar-refractivity contribution is 7.89. The third-order valence-electron chi connectivity index (χ3n) is 7.70. The van der Waals surface area contributed by atoms with E-state index in [9.17, 15) is 31.2 Å². The topological polar surface area (TPSA) is 157 Å². The Morgan fingerprint density at radius 1 is 1.11 bits per heavy atom. The van der Waals surface area contributed by atoms with Crippen LogP contribution in [0.25, 0.3) is 10.9 Å². The molecule has 1 aliphatic heterocycles. The monoisotopic (exact) mass is 681 g/mol. The van der Waals surface area contributed by atoms with Gasteiger partial charge >= 0.3 is 6.18 Å². The molecular formula is C28H31ClF3N9O4S. The Hall–Kier alpha value is -4.25. The Bertz CT molecular complexity index is 2010. The maximum Gasteiger partial charge on any atom is 0.451 e. The number of benzene rings is 1. The summed E-state index contributed by atoms with van der Waals surface area (Å²) in [6, 6.07) is 5.98. The van der Waals surface area contributed by atoms with Crippen molar-refractivity contribution < 1.29 is 26.4 Å². The molecule has 246 valence electrons. The van der Waals surface area contributed by atoms with Crippen LogP contribution in [-0.4, -0.2) is 63.0 Å². The fourth-order valence-electron chi connectivity index (χ4n) is 5.57. The number of fused-ring (bicyclic) bond motifs is 1. The number of anilines is 2. The van der Waals surface area contributed by atoms with E-state index in [2.05, 4.69) is 20.4 Å². The first-order chi connectivity index (χ1) is 21.4. The molecule has 1 amide bonds. The Balaban J connectivity index is 1.46. The maximum atomic E-state index is 13.6. The van der Waals surface area contributed by atoms with E-state index in [0.717, 1.165) is 16.5 Å². The van der Waals surface area contributed by atoms with Gasteiger partial charge in [-0.3, -0.25) is 14.2 Å². The first-order valence-electron chi connectivity index (χ1n) is 14.1. The van der Waals surface area contributed by atoms with Crippen LogP contribution >= 0.6 is 11.6 Å². The molecule has 1 saturated heterocycles. The van der Waals surface area contributed by atoms with Gasteiger partial charge in [0.25, 0.3) is 11.5 Å². The quantitative estimate of drug-likeness (QED) is 0.276. The molecule has 0 bridgehead atoms. The summed E-state index contributed by atoms with van der Waals surface area (Å²) in [5, 5.41) is 7.54. The van der Waals surface area contributed by atoms with Crippen molar-refractivity contribution in [2.45, 2.75) is 44.8 Å². The number of nitrogens with zero attached hydrogens (tertiary/aromatic N) is 7. The Labute approximate surface area is 266 Å². The van der Waals surface area contributed by atoms with E-state index in [1.165, 1.54) is 23.7 Å². The first-order valence-corrected chi connectivity index (χ1v) is 16.4. The second kappa shape index (κ2) is 12.2. The van der Waals surface area contributed by atoms with Gasteiger partial charge < -0.3 is 10.2 Å². The van der Waals surface area contributed by atoms with E-state index < -0.39 is 34.0 Å². The molecule has 3 aromatic heterocycles. The number of rotatable bonds is 7. The molecule has 0 unspecified atom stereocenters. The minimum atomic E-state index is -4.61. The molecule has 1 fully saturated rings. The fraction of sp³-hybridized carbons (Fsp3) is 0.429.